The molecule has 2 bridgehead atoms. The van der Waals surface area contributed by atoms with Crippen molar-refractivity contribution < 1.29 is 14.5 Å². The molecule has 0 spiro atoms. The standard InChI is InChI=1S/C12H15N3O4/c16-12(11-3-8(4-13-11)15(17)18)7-14-5-9-1-2-10(6-14)19-9/h3-4,9-10,13H,1-2,5-7H2. The van der Waals surface area contributed by atoms with E-state index in [0.29, 0.717) is 5.69 Å². The summed E-state index contributed by atoms with van der Waals surface area (Å²) in [4.78, 5) is 26.8. The number of aromatic amines is 1. The summed E-state index contributed by atoms with van der Waals surface area (Å²) in [5.41, 5.74) is 0.218. The lowest BCUT2D eigenvalue weighted by Crippen LogP contribution is -2.44. The zero-order chi connectivity index (χ0) is 13.4. The lowest BCUT2D eigenvalue weighted by Gasteiger charge is -2.31. The Kier molecular flexibility index (Phi) is 3.08. The van der Waals surface area contributed by atoms with Gasteiger partial charge < -0.3 is 9.72 Å². The van der Waals surface area contributed by atoms with Crippen LogP contribution in [0.2, 0.25) is 0 Å². The van der Waals surface area contributed by atoms with Gasteiger partial charge >= 0.3 is 0 Å². The number of likely N-dealkylation sites (tertiary alicyclic amines) is 1. The average Bonchev–Trinajstić information content (AvgIpc) is 2.96. The fourth-order valence-electron chi connectivity index (χ4n) is 2.77. The van der Waals surface area contributed by atoms with E-state index in [-0.39, 0.29) is 30.2 Å². The number of carbonyl (C=O) groups excluding carboxylic acids is 1. The summed E-state index contributed by atoms with van der Waals surface area (Å²) >= 11 is 0. The number of hydrogen-bond donors (Lipinski definition) is 1. The van der Waals surface area contributed by atoms with E-state index in [4.69, 9.17) is 4.74 Å². The van der Waals surface area contributed by atoms with Gasteiger partial charge in [0.15, 0.2) is 5.78 Å². The highest BCUT2D eigenvalue weighted by Crippen LogP contribution is 2.26. The van der Waals surface area contributed by atoms with E-state index in [2.05, 4.69) is 9.88 Å². The molecule has 0 saturated carbocycles. The van der Waals surface area contributed by atoms with Crippen LogP contribution >= 0.6 is 0 Å². The zero-order valence-corrected chi connectivity index (χ0v) is 10.4. The number of nitro groups is 1. The third-order valence-electron chi connectivity index (χ3n) is 3.67. The molecule has 2 atom stereocenters. The Balaban J connectivity index is 1.62. The molecular weight excluding hydrogens is 250 g/mol. The fraction of sp³-hybridized carbons (Fsp3) is 0.583. The van der Waals surface area contributed by atoms with E-state index >= 15 is 0 Å². The Bertz CT molecular complexity index is 501. The lowest BCUT2D eigenvalue weighted by atomic mass is 10.2. The van der Waals surface area contributed by atoms with Crippen LogP contribution in [0.25, 0.3) is 0 Å². The van der Waals surface area contributed by atoms with E-state index in [9.17, 15) is 14.9 Å². The first-order valence-corrected chi connectivity index (χ1v) is 6.35. The van der Waals surface area contributed by atoms with Crippen molar-refractivity contribution in [2.45, 2.75) is 25.0 Å². The molecule has 3 heterocycles. The van der Waals surface area contributed by atoms with Gasteiger partial charge in [0.1, 0.15) is 0 Å². The minimum absolute atomic E-state index is 0.0783. The molecule has 2 aliphatic heterocycles. The van der Waals surface area contributed by atoms with Gasteiger partial charge in [0.2, 0.25) is 0 Å². The smallest absolute Gasteiger partial charge is 0.287 e. The molecule has 1 aromatic heterocycles. The van der Waals surface area contributed by atoms with Crippen LogP contribution in [-0.2, 0) is 4.74 Å². The minimum atomic E-state index is -0.512. The number of carbonyl (C=O) groups is 1. The van der Waals surface area contributed by atoms with Crippen molar-refractivity contribution in [1.82, 2.24) is 9.88 Å². The topological polar surface area (TPSA) is 88.5 Å². The first-order valence-electron chi connectivity index (χ1n) is 6.35. The fourth-order valence-corrected chi connectivity index (χ4v) is 2.77. The second-order valence-corrected chi connectivity index (χ2v) is 5.10. The average molecular weight is 265 g/mol. The van der Waals surface area contributed by atoms with Crippen LogP contribution in [0.3, 0.4) is 0 Å². The van der Waals surface area contributed by atoms with Crippen LogP contribution in [0.5, 0.6) is 0 Å². The second-order valence-electron chi connectivity index (χ2n) is 5.10. The maximum atomic E-state index is 12.0. The molecule has 2 aliphatic rings. The van der Waals surface area contributed by atoms with E-state index in [1.165, 1.54) is 12.3 Å². The molecule has 102 valence electrons. The van der Waals surface area contributed by atoms with Gasteiger partial charge in [-0.1, -0.05) is 0 Å². The zero-order valence-electron chi connectivity index (χ0n) is 10.4. The van der Waals surface area contributed by atoms with Crippen molar-refractivity contribution in [2.75, 3.05) is 19.6 Å². The number of Topliss-reactive ketones (excluding diaryl/α,β-unsaturated/α-hetero) is 1. The number of nitrogens with zero attached hydrogens (tertiary/aromatic N) is 2. The number of H-pyrrole nitrogens is 1. The van der Waals surface area contributed by atoms with Crippen LogP contribution in [0.4, 0.5) is 5.69 Å². The highest BCUT2D eigenvalue weighted by molar-refractivity contribution is 5.96. The Morgan fingerprint density at radius 3 is 2.74 bits per heavy atom. The molecular formula is C12H15N3O4. The van der Waals surface area contributed by atoms with E-state index in [1.807, 2.05) is 0 Å². The monoisotopic (exact) mass is 265 g/mol. The van der Waals surface area contributed by atoms with E-state index in [0.717, 1.165) is 25.9 Å². The van der Waals surface area contributed by atoms with Crippen LogP contribution in [0.1, 0.15) is 23.3 Å². The van der Waals surface area contributed by atoms with Gasteiger partial charge in [-0.05, 0) is 12.8 Å². The van der Waals surface area contributed by atoms with Gasteiger partial charge in [0, 0.05) is 19.2 Å². The summed E-state index contributed by atoms with van der Waals surface area (Å²) in [7, 11) is 0. The maximum absolute atomic E-state index is 12.0. The second kappa shape index (κ2) is 4.75. The first-order chi connectivity index (χ1) is 9.11. The Morgan fingerprint density at radius 1 is 1.47 bits per heavy atom. The maximum Gasteiger partial charge on any atom is 0.287 e. The van der Waals surface area contributed by atoms with Crippen molar-refractivity contribution in [3.8, 4) is 0 Å². The molecule has 0 amide bonds. The number of fused-ring (bicyclic) bond motifs is 2. The molecule has 19 heavy (non-hydrogen) atoms. The van der Waals surface area contributed by atoms with Crippen LogP contribution in [0, 0.1) is 10.1 Å². The number of hydrogen-bond acceptors (Lipinski definition) is 5. The highest BCUT2D eigenvalue weighted by atomic mass is 16.6. The Hall–Kier alpha value is -1.73. The third-order valence-corrected chi connectivity index (χ3v) is 3.67. The number of ether oxygens (including phenoxy) is 1. The number of morpholine rings is 1. The predicted octanol–water partition coefficient (Wildman–Crippen LogP) is 0.969. The summed E-state index contributed by atoms with van der Waals surface area (Å²) in [5, 5.41) is 10.6. The Morgan fingerprint density at radius 2 is 2.16 bits per heavy atom. The molecule has 2 saturated heterocycles. The molecule has 0 aromatic carbocycles. The lowest BCUT2D eigenvalue weighted by molar-refractivity contribution is -0.384. The van der Waals surface area contributed by atoms with Crippen LogP contribution < -0.4 is 0 Å². The number of aromatic nitrogens is 1. The van der Waals surface area contributed by atoms with Crippen molar-refractivity contribution in [2.24, 2.45) is 0 Å². The SMILES string of the molecule is O=C(CN1CC2CCC(C1)O2)c1cc([N+](=O)[O-])c[nH]1. The van der Waals surface area contributed by atoms with Crippen LogP contribution in [0.15, 0.2) is 12.3 Å². The molecule has 7 nitrogen and oxygen atoms in total. The summed E-state index contributed by atoms with van der Waals surface area (Å²) in [6.07, 6.45) is 3.84. The summed E-state index contributed by atoms with van der Waals surface area (Å²) in [5.74, 6) is -0.116. The van der Waals surface area contributed by atoms with E-state index in [1.54, 1.807) is 0 Å². The van der Waals surface area contributed by atoms with Gasteiger partial charge in [0.05, 0.1) is 35.6 Å². The summed E-state index contributed by atoms with van der Waals surface area (Å²) in [6.45, 7) is 1.82. The van der Waals surface area contributed by atoms with Gasteiger partial charge in [-0.15, -0.1) is 0 Å². The molecule has 1 N–H and O–H groups in total. The van der Waals surface area contributed by atoms with Gasteiger partial charge in [-0.2, -0.15) is 0 Å². The first kappa shape index (κ1) is 12.3. The third kappa shape index (κ3) is 2.52. The van der Waals surface area contributed by atoms with Crippen molar-refractivity contribution >= 4 is 11.5 Å². The molecule has 2 fully saturated rings. The normalized spacial score (nSPS) is 26.5. The predicted molar refractivity (Wildman–Crippen MR) is 66.1 cm³/mol. The number of rotatable bonds is 4. The minimum Gasteiger partial charge on any atom is -0.372 e. The molecule has 3 rings (SSSR count). The van der Waals surface area contributed by atoms with Crippen molar-refractivity contribution in [1.29, 1.82) is 0 Å². The van der Waals surface area contributed by atoms with E-state index < -0.39 is 4.92 Å². The number of nitrogens with one attached hydrogen (secondary N) is 1. The van der Waals surface area contributed by atoms with Crippen molar-refractivity contribution in [3.05, 3.63) is 28.1 Å². The molecule has 7 heteroatoms. The molecule has 1 aromatic rings. The van der Waals surface area contributed by atoms with Crippen molar-refractivity contribution in [3.63, 3.8) is 0 Å². The number of ketones is 1. The highest BCUT2D eigenvalue weighted by Gasteiger charge is 2.34. The van der Waals surface area contributed by atoms with Gasteiger partial charge in [-0.3, -0.25) is 19.8 Å². The Labute approximate surface area is 109 Å². The summed E-state index contributed by atoms with van der Waals surface area (Å²) in [6, 6.07) is 1.29. The summed E-state index contributed by atoms with van der Waals surface area (Å²) < 4.78 is 5.70. The van der Waals surface area contributed by atoms with Crippen LogP contribution in [-0.4, -0.2) is 52.4 Å². The largest absolute Gasteiger partial charge is 0.372 e. The molecule has 2 unspecified atom stereocenters. The quantitative estimate of drug-likeness (QED) is 0.498. The van der Waals surface area contributed by atoms with Gasteiger partial charge in [-0.25, -0.2) is 0 Å². The van der Waals surface area contributed by atoms with Gasteiger partial charge in [0.25, 0.3) is 5.69 Å². The molecule has 0 radical (unpaired) electrons. The molecule has 0 aliphatic carbocycles.